The van der Waals surface area contributed by atoms with Crippen LogP contribution in [-0.4, -0.2) is 6.29 Å². The lowest BCUT2D eigenvalue weighted by Gasteiger charge is -2.05. The van der Waals surface area contributed by atoms with Crippen LogP contribution in [0.15, 0.2) is 12.2 Å². The van der Waals surface area contributed by atoms with E-state index in [9.17, 15) is 4.79 Å². The van der Waals surface area contributed by atoms with Gasteiger partial charge in [0.15, 0.2) is 0 Å². The maximum absolute atomic E-state index is 9.87. The average Bonchev–Trinajstić information content (AvgIpc) is 1.85. The normalized spacial score (nSPS) is 10.8. The third-order valence-electron chi connectivity index (χ3n) is 0.881. The van der Waals surface area contributed by atoms with E-state index in [2.05, 4.69) is 11.8 Å². The summed E-state index contributed by atoms with van der Waals surface area (Å²) in [5, 5.41) is 0. The fraction of sp³-hybridized carbons (Fsp3) is 0.500. The highest BCUT2D eigenvalue weighted by atomic mass is 16.1. The summed E-state index contributed by atoms with van der Waals surface area (Å²) in [5.41, 5.74) is 0.0471. The van der Waals surface area contributed by atoms with Crippen LogP contribution in [0.4, 0.5) is 0 Å². The van der Waals surface area contributed by atoms with Gasteiger partial charge in [-0.15, -0.1) is 0 Å². The summed E-state index contributed by atoms with van der Waals surface area (Å²) in [6, 6.07) is 0. The molecule has 1 nitrogen and oxygen atoms in total. The maximum Gasteiger partial charge on any atom is 0.123 e. The Morgan fingerprint density at radius 3 is 2.45 bits per heavy atom. The minimum absolute atomic E-state index is 0.0471. The molecule has 0 atom stereocenters. The van der Waals surface area contributed by atoms with Crippen molar-refractivity contribution in [2.24, 2.45) is 5.41 Å². The second-order valence-electron chi connectivity index (χ2n) is 3.32. The maximum atomic E-state index is 9.87. The van der Waals surface area contributed by atoms with Crippen molar-refractivity contribution in [3.05, 3.63) is 12.2 Å². The second kappa shape index (κ2) is 4.73. The zero-order chi connectivity index (χ0) is 8.74. The van der Waals surface area contributed by atoms with E-state index >= 15 is 0 Å². The van der Waals surface area contributed by atoms with Gasteiger partial charge in [0.05, 0.1) is 0 Å². The average molecular weight is 150 g/mol. The van der Waals surface area contributed by atoms with E-state index < -0.39 is 0 Å². The van der Waals surface area contributed by atoms with Gasteiger partial charge in [0.1, 0.15) is 6.29 Å². The molecule has 0 rings (SSSR count). The second-order valence-corrected chi connectivity index (χ2v) is 3.32. The van der Waals surface area contributed by atoms with Crippen LogP contribution in [-0.2, 0) is 4.79 Å². The SMILES string of the molecule is CC(C)(C)C#C/C=C/CC=O. The minimum Gasteiger partial charge on any atom is -0.303 e. The lowest BCUT2D eigenvalue weighted by Crippen LogP contribution is -1.98. The van der Waals surface area contributed by atoms with Crippen LogP contribution in [0.5, 0.6) is 0 Å². The molecule has 0 aromatic carbocycles. The van der Waals surface area contributed by atoms with E-state index in [1.54, 1.807) is 12.2 Å². The van der Waals surface area contributed by atoms with Gasteiger partial charge in [-0.05, 0) is 26.8 Å². The van der Waals surface area contributed by atoms with E-state index in [1.165, 1.54) is 0 Å². The van der Waals surface area contributed by atoms with Gasteiger partial charge in [-0.3, -0.25) is 0 Å². The van der Waals surface area contributed by atoms with Gasteiger partial charge < -0.3 is 4.79 Å². The topological polar surface area (TPSA) is 17.1 Å². The minimum atomic E-state index is 0.0471. The molecule has 60 valence electrons. The molecule has 0 aromatic heterocycles. The van der Waals surface area contributed by atoms with E-state index in [0.29, 0.717) is 6.42 Å². The van der Waals surface area contributed by atoms with Crippen LogP contribution in [0.1, 0.15) is 27.2 Å². The summed E-state index contributed by atoms with van der Waals surface area (Å²) in [6.07, 6.45) is 4.79. The number of aldehydes is 1. The summed E-state index contributed by atoms with van der Waals surface area (Å²) in [7, 11) is 0. The van der Waals surface area contributed by atoms with Crippen molar-refractivity contribution < 1.29 is 4.79 Å². The molecule has 0 saturated heterocycles. The summed E-state index contributed by atoms with van der Waals surface area (Å²) >= 11 is 0. The van der Waals surface area contributed by atoms with Crippen LogP contribution in [0.3, 0.4) is 0 Å². The third kappa shape index (κ3) is 8.97. The standard InChI is InChI=1S/C10H14O/c1-10(2,3)8-6-4-5-7-9-11/h4-5,9H,7H2,1-3H3/b5-4+. The van der Waals surface area contributed by atoms with Gasteiger partial charge in [-0.1, -0.05) is 17.9 Å². The smallest absolute Gasteiger partial charge is 0.123 e. The zero-order valence-electron chi connectivity index (χ0n) is 7.35. The number of rotatable bonds is 2. The molecule has 0 N–H and O–H groups in total. The summed E-state index contributed by atoms with van der Waals surface area (Å²) in [5.74, 6) is 5.90. The number of carbonyl (C=O) groups is 1. The Labute approximate surface area is 68.5 Å². The predicted molar refractivity (Wildman–Crippen MR) is 47.1 cm³/mol. The Bertz CT molecular complexity index is 195. The first-order valence-electron chi connectivity index (χ1n) is 3.67. The van der Waals surface area contributed by atoms with Crippen molar-refractivity contribution in [2.45, 2.75) is 27.2 Å². The summed E-state index contributed by atoms with van der Waals surface area (Å²) in [6.45, 7) is 6.15. The monoisotopic (exact) mass is 150 g/mol. The first kappa shape index (κ1) is 9.97. The van der Waals surface area contributed by atoms with Crippen molar-refractivity contribution in [3.8, 4) is 11.8 Å². The number of hydrogen-bond acceptors (Lipinski definition) is 1. The van der Waals surface area contributed by atoms with Gasteiger partial charge in [-0.25, -0.2) is 0 Å². The molecule has 1 heteroatoms. The fourth-order valence-electron chi connectivity index (χ4n) is 0.441. The Balaban J connectivity index is 3.81. The molecule has 0 aliphatic rings. The van der Waals surface area contributed by atoms with Gasteiger partial charge >= 0.3 is 0 Å². The molecule has 0 unspecified atom stereocenters. The number of allylic oxidation sites excluding steroid dienone is 2. The van der Waals surface area contributed by atoms with Crippen molar-refractivity contribution in [2.75, 3.05) is 0 Å². The molecule has 0 aliphatic carbocycles. The van der Waals surface area contributed by atoms with E-state index in [1.807, 2.05) is 20.8 Å². The van der Waals surface area contributed by atoms with Crippen LogP contribution in [0.2, 0.25) is 0 Å². The summed E-state index contributed by atoms with van der Waals surface area (Å²) in [4.78, 5) is 9.87. The lowest BCUT2D eigenvalue weighted by molar-refractivity contribution is -0.107. The van der Waals surface area contributed by atoms with Crippen molar-refractivity contribution in [3.63, 3.8) is 0 Å². The lowest BCUT2D eigenvalue weighted by atomic mass is 9.98. The Kier molecular flexibility index (Phi) is 4.29. The van der Waals surface area contributed by atoms with Crippen molar-refractivity contribution in [1.29, 1.82) is 0 Å². The quantitative estimate of drug-likeness (QED) is 0.435. The molecule has 11 heavy (non-hydrogen) atoms. The molecular weight excluding hydrogens is 136 g/mol. The van der Waals surface area contributed by atoms with Crippen molar-refractivity contribution >= 4 is 6.29 Å². The van der Waals surface area contributed by atoms with Crippen LogP contribution in [0, 0.1) is 17.3 Å². The zero-order valence-corrected chi connectivity index (χ0v) is 7.35. The highest BCUT2D eigenvalue weighted by Gasteiger charge is 2.01. The Hall–Kier alpha value is -1.03. The van der Waals surface area contributed by atoms with Crippen LogP contribution < -0.4 is 0 Å². The van der Waals surface area contributed by atoms with Crippen molar-refractivity contribution in [1.82, 2.24) is 0 Å². The first-order valence-corrected chi connectivity index (χ1v) is 3.67. The predicted octanol–water partition coefficient (Wildman–Crippen LogP) is 2.18. The van der Waals surface area contributed by atoms with E-state index in [0.717, 1.165) is 6.29 Å². The highest BCUT2D eigenvalue weighted by Crippen LogP contribution is 2.09. The first-order chi connectivity index (χ1) is 5.06. The molecule has 0 heterocycles. The van der Waals surface area contributed by atoms with E-state index in [-0.39, 0.29) is 5.41 Å². The molecule has 0 spiro atoms. The molecule has 0 aromatic rings. The Morgan fingerprint density at radius 2 is 2.00 bits per heavy atom. The molecule has 0 aliphatic heterocycles. The number of carbonyl (C=O) groups excluding carboxylic acids is 1. The molecule has 0 saturated carbocycles. The largest absolute Gasteiger partial charge is 0.303 e. The summed E-state index contributed by atoms with van der Waals surface area (Å²) < 4.78 is 0. The Morgan fingerprint density at radius 1 is 1.36 bits per heavy atom. The third-order valence-corrected chi connectivity index (χ3v) is 0.881. The fourth-order valence-corrected chi connectivity index (χ4v) is 0.441. The molecule has 0 fully saturated rings. The molecule has 0 radical (unpaired) electrons. The van der Waals surface area contributed by atoms with Gasteiger partial charge in [-0.2, -0.15) is 0 Å². The van der Waals surface area contributed by atoms with Crippen LogP contribution >= 0.6 is 0 Å². The van der Waals surface area contributed by atoms with Crippen LogP contribution in [0.25, 0.3) is 0 Å². The highest BCUT2D eigenvalue weighted by molar-refractivity contribution is 5.52. The molecule has 0 bridgehead atoms. The molecular formula is C10H14O. The number of hydrogen-bond donors (Lipinski definition) is 0. The van der Waals surface area contributed by atoms with Gasteiger partial charge in [0.2, 0.25) is 0 Å². The van der Waals surface area contributed by atoms with E-state index in [4.69, 9.17) is 0 Å². The van der Waals surface area contributed by atoms with Gasteiger partial charge in [0.25, 0.3) is 0 Å². The molecule has 0 amide bonds. The van der Waals surface area contributed by atoms with Gasteiger partial charge in [0, 0.05) is 11.8 Å².